The van der Waals surface area contributed by atoms with E-state index in [1.165, 1.54) is 12.1 Å². The number of ether oxygens (including phenoxy) is 1. The molecule has 1 aliphatic heterocycles. The van der Waals surface area contributed by atoms with Gasteiger partial charge in [-0.25, -0.2) is 8.42 Å². The fourth-order valence-corrected chi connectivity index (χ4v) is 5.12. The molecule has 1 amide bonds. The molecule has 1 N–H and O–H groups in total. The predicted octanol–water partition coefficient (Wildman–Crippen LogP) is 3.64. The van der Waals surface area contributed by atoms with Crippen LogP contribution in [0.1, 0.15) is 18.4 Å². The van der Waals surface area contributed by atoms with Crippen molar-refractivity contribution in [3.05, 3.63) is 58.1 Å². The number of amides is 1. The molecule has 2 aromatic carbocycles. The zero-order chi connectivity index (χ0) is 21.9. The number of benzene rings is 2. The summed E-state index contributed by atoms with van der Waals surface area (Å²) in [5.74, 6) is -1.38. The van der Waals surface area contributed by atoms with Crippen molar-refractivity contribution in [3.8, 4) is 0 Å². The highest BCUT2D eigenvalue weighted by molar-refractivity contribution is 7.89. The standard InChI is InChI=1S/C20H20Cl2N2O5S/c1-13-7-9-14(10-8-13)30(27,28)24-11-3-6-17(24)20(26)29-12-18(25)23-16-5-2-4-15(21)19(16)22/h2,4-5,7-10,17H,3,6,11-12H2,1H3,(H,23,25)/t17-/m1/s1. The number of sulfonamides is 1. The molecule has 7 nitrogen and oxygen atoms in total. The second kappa shape index (κ2) is 9.34. The van der Waals surface area contributed by atoms with E-state index < -0.39 is 34.5 Å². The number of hydrogen-bond donors (Lipinski definition) is 1. The summed E-state index contributed by atoms with van der Waals surface area (Å²) in [6.45, 7) is 1.49. The summed E-state index contributed by atoms with van der Waals surface area (Å²) in [7, 11) is -3.85. The molecule has 1 heterocycles. The number of nitrogens with zero attached hydrogens (tertiary/aromatic N) is 1. The Kier molecular flexibility index (Phi) is 7.02. The van der Waals surface area contributed by atoms with Gasteiger partial charge in [-0.3, -0.25) is 9.59 Å². The Morgan fingerprint density at radius 3 is 2.57 bits per heavy atom. The highest BCUT2D eigenvalue weighted by atomic mass is 35.5. The third kappa shape index (κ3) is 4.95. The highest BCUT2D eigenvalue weighted by Crippen LogP contribution is 2.30. The van der Waals surface area contributed by atoms with E-state index in [0.717, 1.165) is 9.87 Å². The lowest BCUT2D eigenvalue weighted by Gasteiger charge is -2.22. The van der Waals surface area contributed by atoms with Crippen molar-refractivity contribution in [2.75, 3.05) is 18.5 Å². The minimum Gasteiger partial charge on any atom is -0.454 e. The van der Waals surface area contributed by atoms with Crippen LogP contribution in [0.4, 0.5) is 5.69 Å². The molecule has 0 aromatic heterocycles. The Bertz CT molecular complexity index is 1060. The lowest BCUT2D eigenvalue weighted by molar-refractivity contribution is -0.150. The number of aryl methyl sites for hydroxylation is 1. The zero-order valence-electron chi connectivity index (χ0n) is 16.1. The lowest BCUT2D eigenvalue weighted by atomic mass is 10.2. The van der Waals surface area contributed by atoms with Crippen molar-refractivity contribution in [2.24, 2.45) is 0 Å². The van der Waals surface area contributed by atoms with Crippen LogP contribution in [0.2, 0.25) is 10.0 Å². The lowest BCUT2D eigenvalue weighted by Crippen LogP contribution is -2.42. The van der Waals surface area contributed by atoms with Crippen molar-refractivity contribution >= 4 is 50.8 Å². The first-order chi connectivity index (χ1) is 14.2. The SMILES string of the molecule is Cc1ccc(S(=O)(=O)N2CCC[C@@H]2C(=O)OCC(=O)Nc2cccc(Cl)c2Cl)cc1. The molecule has 0 radical (unpaired) electrons. The summed E-state index contributed by atoms with van der Waals surface area (Å²) in [6.07, 6.45) is 0.848. The van der Waals surface area contributed by atoms with Gasteiger partial charge in [0.1, 0.15) is 6.04 Å². The predicted molar refractivity (Wildman–Crippen MR) is 114 cm³/mol. The number of nitrogens with one attached hydrogen (secondary N) is 1. The molecule has 1 fully saturated rings. The van der Waals surface area contributed by atoms with Crippen LogP contribution in [0.5, 0.6) is 0 Å². The first-order valence-electron chi connectivity index (χ1n) is 9.19. The van der Waals surface area contributed by atoms with Gasteiger partial charge in [-0.2, -0.15) is 4.31 Å². The van der Waals surface area contributed by atoms with E-state index in [9.17, 15) is 18.0 Å². The van der Waals surface area contributed by atoms with Gasteiger partial charge in [0.2, 0.25) is 10.0 Å². The van der Waals surface area contributed by atoms with E-state index in [4.69, 9.17) is 27.9 Å². The van der Waals surface area contributed by atoms with Gasteiger partial charge < -0.3 is 10.1 Å². The first kappa shape index (κ1) is 22.6. The molecule has 1 atom stereocenters. The quantitative estimate of drug-likeness (QED) is 0.650. The average Bonchev–Trinajstić information content (AvgIpc) is 3.21. The summed E-state index contributed by atoms with van der Waals surface area (Å²) < 4.78 is 32.1. The average molecular weight is 471 g/mol. The number of halogens is 2. The molecule has 1 aliphatic rings. The molecular weight excluding hydrogens is 451 g/mol. The van der Waals surface area contributed by atoms with E-state index in [0.29, 0.717) is 12.8 Å². The molecule has 0 aliphatic carbocycles. The molecular formula is C20H20Cl2N2O5S. The van der Waals surface area contributed by atoms with Crippen molar-refractivity contribution < 1.29 is 22.7 Å². The Hall–Kier alpha value is -2.13. The fraction of sp³-hybridized carbons (Fsp3) is 0.300. The van der Waals surface area contributed by atoms with Gasteiger partial charge in [-0.1, -0.05) is 47.0 Å². The smallest absolute Gasteiger partial charge is 0.324 e. The van der Waals surface area contributed by atoms with Crippen LogP contribution in [0.15, 0.2) is 47.4 Å². The van der Waals surface area contributed by atoms with Crippen LogP contribution < -0.4 is 5.32 Å². The maximum absolute atomic E-state index is 12.9. The van der Waals surface area contributed by atoms with Crippen LogP contribution in [0, 0.1) is 6.92 Å². The van der Waals surface area contributed by atoms with Crippen LogP contribution in [0.25, 0.3) is 0 Å². The maximum atomic E-state index is 12.9. The largest absolute Gasteiger partial charge is 0.454 e. The van der Waals surface area contributed by atoms with Gasteiger partial charge in [-0.05, 0) is 44.0 Å². The maximum Gasteiger partial charge on any atom is 0.324 e. The molecule has 0 unspecified atom stereocenters. The van der Waals surface area contributed by atoms with Crippen LogP contribution in [0.3, 0.4) is 0 Å². The molecule has 2 aromatic rings. The Morgan fingerprint density at radius 1 is 1.17 bits per heavy atom. The van der Waals surface area contributed by atoms with Crippen LogP contribution in [-0.2, 0) is 24.3 Å². The molecule has 0 bridgehead atoms. The summed E-state index contributed by atoms with van der Waals surface area (Å²) in [5, 5.41) is 2.95. The molecule has 3 rings (SSSR count). The topological polar surface area (TPSA) is 92.8 Å². The molecule has 0 spiro atoms. The summed E-state index contributed by atoms with van der Waals surface area (Å²) in [4.78, 5) is 24.7. The van der Waals surface area contributed by atoms with Gasteiger partial charge in [0.25, 0.3) is 5.91 Å². The Morgan fingerprint density at radius 2 is 1.87 bits per heavy atom. The van der Waals surface area contributed by atoms with E-state index in [1.54, 1.807) is 30.3 Å². The monoisotopic (exact) mass is 470 g/mol. The van der Waals surface area contributed by atoms with E-state index in [-0.39, 0.29) is 27.2 Å². The number of esters is 1. The molecule has 10 heteroatoms. The number of anilines is 1. The Labute approximate surface area is 185 Å². The van der Waals surface area contributed by atoms with Crippen LogP contribution >= 0.6 is 23.2 Å². The summed E-state index contributed by atoms with van der Waals surface area (Å²) >= 11 is 11.9. The van der Waals surface area contributed by atoms with Gasteiger partial charge in [0, 0.05) is 6.54 Å². The zero-order valence-corrected chi connectivity index (χ0v) is 18.4. The minimum atomic E-state index is -3.85. The number of carbonyl (C=O) groups is 2. The highest BCUT2D eigenvalue weighted by Gasteiger charge is 2.40. The Balaban J connectivity index is 1.63. The van der Waals surface area contributed by atoms with Gasteiger partial charge in [-0.15, -0.1) is 0 Å². The van der Waals surface area contributed by atoms with Crippen molar-refractivity contribution in [1.29, 1.82) is 0 Å². The molecule has 160 valence electrons. The molecule has 0 saturated carbocycles. The van der Waals surface area contributed by atoms with Crippen molar-refractivity contribution in [2.45, 2.75) is 30.7 Å². The van der Waals surface area contributed by atoms with E-state index in [1.807, 2.05) is 6.92 Å². The van der Waals surface area contributed by atoms with Gasteiger partial charge in [0.15, 0.2) is 6.61 Å². The molecule has 30 heavy (non-hydrogen) atoms. The third-order valence-electron chi connectivity index (χ3n) is 4.67. The van der Waals surface area contributed by atoms with Gasteiger partial charge in [0.05, 0.1) is 20.6 Å². The van der Waals surface area contributed by atoms with E-state index >= 15 is 0 Å². The summed E-state index contributed by atoms with van der Waals surface area (Å²) in [6, 6.07) is 10.2. The van der Waals surface area contributed by atoms with Crippen molar-refractivity contribution in [3.63, 3.8) is 0 Å². The second-order valence-corrected chi connectivity index (χ2v) is 9.52. The normalized spacial score (nSPS) is 17.0. The number of hydrogen-bond acceptors (Lipinski definition) is 5. The van der Waals surface area contributed by atoms with E-state index in [2.05, 4.69) is 5.32 Å². The third-order valence-corrected chi connectivity index (χ3v) is 7.42. The number of rotatable bonds is 6. The fourth-order valence-electron chi connectivity index (χ4n) is 3.13. The van der Waals surface area contributed by atoms with Gasteiger partial charge >= 0.3 is 5.97 Å². The minimum absolute atomic E-state index is 0.112. The van der Waals surface area contributed by atoms with Crippen LogP contribution in [-0.4, -0.2) is 43.8 Å². The summed E-state index contributed by atoms with van der Waals surface area (Å²) in [5.41, 5.74) is 1.21. The molecule has 1 saturated heterocycles. The van der Waals surface area contributed by atoms with Crippen molar-refractivity contribution in [1.82, 2.24) is 4.31 Å². The first-order valence-corrected chi connectivity index (χ1v) is 11.4. The number of carbonyl (C=O) groups excluding carboxylic acids is 2. The second-order valence-electron chi connectivity index (χ2n) is 6.84.